The predicted molar refractivity (Wildman–Crippen MR) is 144 cm³/mol. The number of benzene rings is 2. The van der Waals surface area contributed by atoms with E-state index in [9.17, 15) is 14.4 Å². The van der Waals surface area contributed by atoms with Gasteiger partial charge in [-0.25, -0.2) is 0 Å². The number of amides is 3. The van der Waals surface area contributed by atoms with E-state index in [1.54, 1.807) is 12.3 Å². The summed E-state index contributed by atoms with van der Waals surface area (Å²) in [5.74, 6) is -1.28. The third kappa shape index (κ3) is 8.07. The number of aryl methyl sites for hydroxylation is 1. The molecule has 8 N–H and O–H groups in total. The summed E-state index contributed by atoms with van der Waals surface area (Å²) in [5.41, 5.74) is 19.6. The number of carbonyl (C=O) groups excluding carboxylic acids is 3. The van der Waals surface area contributed by atoms with Gasteiger partial charge in [0.05, 0.1) is 23.7 Å². The third-order valence-electron chi connectivity index (χ3n) is 5.99. The first-order chi connectivity index (χ1) is 17.9. The summed E-state index contributed by atoms with van der Waals surface area (Å²) in [6, 6.07) is 16.8. The maximum Gasteiger partial charge on any atom is 0.246 e. The fourth-order valence-electron chi connectivity index (χ4n) is 4.01. The Hall–Kier alpha value is -3.86. The zero-order chi connectivity index (χ0) is 26.6. The molecular formula is C27H35N7O3. The van der Waals surface area contributed by atoms with Gasteiger partial charge in [0.1, 0.15) is 6.04 Å². The molecule has 3 rings (SSSR count). The first kappa shape index (κ1) is 27.7. The molecule has 10 nitrogen and oxygen atoms in total. The first-order valence-electron chi connectivity index (χ1n) is 12.3. The van der Waals surface area contributed by atoms with Gasteiger partial charge in [0.2, 0.25) is 17.7 Å². The van der Waals surface area contributed by atoms with Crippen molar-refractivity contribution in [3.05, 3.63) is 72.4 Å². The minimum atomic E-state index is -1.13. The number of para-hydroxylation sites is 1. The molecule has 196 valence electrons. The summed E-state index contributed by atoms with van der Waals surface area (Å²) in [6.07, 6.45) is 2.31. The summed E-state index contributed by atoms with van der Waals surface area (Å²) in [4.78, 5) is 44.7. The maximum atomic E-state index is 13.3. The van der Waals surface area contributed by atoms with Crippen molar-refractivity contribution in [2.24, 2.45) is 17.2 Å². The Labute approximate surface area is 216 Å². The van der Waals surface area contributed by atoms with Crippen LogP contribution in [0.15, 0.2) is 66.9 Å². The number of fused-ring (bicyclic) bond motifs is 1. The molecule has 0 aliphatic heterocycles. The minimum absolute atomic E-state index is 0.214. The average molecular weight is 506 g/mol. The highest BCUT2D eigenvalue weighted by Gasteiger charge is 2.26. The van der Waals surface area contributed by atoms with Gasteiger partial charge < -0.3 is 32.7 Å². The zero-order valence-electron chi connectivity index (χ0n) is 20.8. The monoisotopic (exact) mass is 505 g/mol. The molecule has 2 atom stereocenters. The lowest BCUT2D eigenvalue weighted by Crippen LogP contribution is -2.52. The van der Waals surface area contributed by atoms with Gasteiger partial charge >= 0.3 is 0 Å². The Morgan fingerprint density at radius 1 is 0.892 bits per heavy atom. The van der Waals surface area contributed by atoms with Crippen LogP contribution in [0.2, 0.25) is 0 Å². The number of nitrogens with two attached hydrogens (primary N) is 3. The smallest absolute Gasteiger partial charge is 0.246 e. The van der Waals surface area contributed by atoms with Gasteiger partial charge in [-0.3, -0.25) is 19.4 Å². The van der Waals surface area contributed by atoms with Crippen molar-refractivity contribution >= 4 is 34.3 Å². The molecule has 1 aromatic heterocycles. The van der Waals surface area contributed by atoms with E-state index >= 15 is 0 Å². The number of nitrogens with one attached hydrogen (secondary N) is 2. The quantitative estimate of drug-likeness (QED) is 0.228. The molecule has 0 aliphatic rings. The normalized spacial score (nSPS) is 12.5. The van der Waals surface area contributed by atoms with Gasteiger partial charge in [-0.1, -0.05) is 48.5 Å². The second-order valence-corrected chi connectivity index (χ2v) is 8.72. The van der Waals surface area contributed by atoms with E-state index in [0.29, 0.717) is 31.6 Å². The Morgan fingerprint density at radius 3 is 2.27 bits per heavy atom. The van der Waals surface area contributed by atoms with Crippen molar-refractivity contribution < 1.29 is 14.4 Å². The van der Waals surface area contributed by atoms with E-state index in [1.165, 1.54) is 4.90 Å². The molecule has 0 fully saturated rings. The number of carbonyl (C=O) groups is 3. The van der Waals surface area contributed by atoms with Crippen molar-refractivity contribution in [3.8, 4) is 0 Å². The van der Waals surface area contributed by atoms with Crippen molar-refractivity contribution in [2.45, 2.75) is 31.3 Å². The van der Waals surface area contributed by atoms with Crippen LogP contribution in [0, 0.1) is 0 Å². The van der Waals surface area contributed by atoms with Gasteiger partial charge in [-0.15, -0.1) is 0 Å². The highest BCUT2D eigenvalue weighted by Crippen LogP contribution is 2.21. The Morgan fingerprint density at radius 2 is 1.57 bits per heavy atom. The molecule has 0 saturated carbocycles. The molecule has 0 bridgehead atoms. The number of rotatable bonds is 13. The molecule has 0 spiro atoms. The molecule has 0 saturated heterocycles. The van der Waals surface area contributed by atoms with Crippen LogP contribution in [0.25, 0.3) is 10.9 Å². The number of aromatic nitrogens is 1. The SMILES string of the molecule is NCCN(CCN)C(=O)C[C@H](N)C(=O)N[C@@H](CCc1ccccc1)C(=O)Nc1ccnc2ccccc12. The van der Waals surface area contributed by atoms with Crippen LogP contribution in [0.5, 0.6) is 0 Å². The number of pyridine rings is 1. The molecule has 0 unspecified atom stereocenters. The zero-order valence-corrected chi connectivity index (χ0v) is 20.8. The molecule has 3 amide bonds. The summed E-state index contributed by atoms with van der Waals surface area (Å²) < 4.78 is 0. The van der Waals surface area contributed by atoms with E-state index in [-0.39, 0.29) is 31.3 Å². The summed E-state index contributed by atoms with van der Waals surface area (Å²) in [6.45, 7) is 1.20. The molecular weight excluding hydrogens is 470 g/mol. The number of nitrogens with zero attached hydrogens (tertiary/aromatic N) is 2. The van der Waals surface area contributed by atoms with Crippen molar-refractivity contribution in [2.75, 3.05) is 31.5 Å². The lowest BCUT2D eigenvalue weighted by atomic mass is 10.0. The van der Waals surface area contributed by atoms with Gasteiger partial charge in [0.15, 0.2) is 0 Å². The Balaban J connectivity index is 1.72. The minimum Gasteiger partial charge on any atom is -0.343 e. The van der Waals surface area contributed by atoms with E-state index in [0.717, 1.165) is 16.5 Å². The molecule has 37 heavy (non-hydrogen) atoms. The van der Waals surface area contributed by atoms with E-state index in [2.05, 4.69) is 15.6 Å². The standard InChI is InChI=1S/C27H35N7O3/c28-13-16-34(17-14-29)25(35)18-21(30)26(36)33-24(11-10-19-6-2-1-3-7-19)27(37)32-23-12-15-31-22-9-5-4-8-20(22)23/h1-9,12,15,21,24H,10-11,13-14,16-18,28-30H2,(H,33,36)(H,31,32,37)/t21-,24-/m0/s1. The molecule has 1 heterocycles. The average Bonchev–Trinajstić information content (AvgIpc) is 2.91. The highest BCUT2D eigenvalue weighted by atomic mass is 16.2. The highest BCUT2D eigenvalue weighted by molar-refractivity contribution is 6.04. The summed E-state index contributed by atoms with van der Waals surface area (Å²) in [7, 11) is 0. The van der Waals surface area contributed by atoms with Gasteiger partial charge in [0, 0.05) is 37.8 Å². The first-order valence-corrected chi connectivity index (χ1v) is 12.3. The van der Waals surface area contributed by atoms with Crippen LogP contribution in [-0.2, 0) is 20.8 Å². The fourth-order valence-corrected chi connectivity index (χ4v) is 4.01. The third-order valence-corrected chi connectivity index (χ3v) is 5.99. The number of hydrogen-bond acceptors (Lipinski definition) is 7. The Kier molecular flexibility index (Phi) is 10.5. The van der Waals surface area contributed by atoms with Crippen molar-refractivity contribution in [3.63, 3.8) is 0 Å². The van der Waals surface area contributed by atoms with Crippen LogP contribution in [0.1, 0.15) is 18.4 Å². The predicted octanol–water partition coefficient (Wildman–Crippen LogP) is 0.754. The van der Waals surface area contributed by atoms with Crippen molar-refractivity contribution in [1.29, 1.82) is 0 Å². The maximum absolute atomic E-state index is 13.3. The van der Waals surface area contributed by atoms with Crippen LogP contribution < -0.4 is 27.8 Å². The number of anilines is 1. The topological polar surface area (TPSA) is 169 Å². The number of hydrogen-bond donors (Lipinski definition) is 5. The van der Waals surface area contributed by atoms with Gasteiger partial charge in [-0.05, 0) is 30.5 Å². The fraction of sp³-hybridized carbons (Fsp3) is 0.333. The summed E-state index contributed by atoms with van der Waals surface area (Å²) in [5, 5.41) is 6.46. The van der Waals surface area contributed by atoms with Crippen LogP contribution in [-0.4, -0.2) is 65.9 Å². The summed E-state index contributed by atoms with van der Waals surface area (Å²) >= 11 is 0. The largest absolute Gasteiger partial charge is 0.343 e. The van der Waals surface area contributed by atoms with E-state index in [4.69, 9.17) is 17.2 Å². The van der Waals surface area contributed by atoms with E-state index < -0.39 is 18.0 Å². The molecule has 0 radical (unpaired) electrons. The van der Waals surface area contributed by atoms with Gasteiger partial charge in [-0.2, -0.15) is 0 Å². The molecule has 10 heteroatoms. The van der Waals surface area contributed by atoms with E-state index in [1.807, 2.05) is 54.6 Å². The van der Waals surface area contributed by atoms with Gasteiger partial charge in [0.25, 0.3) is 0 Å². The van der Waals surface area contributed by atoms with Crippen LogP contribution in [0.3, 0.4) is 0 Å². The lowest BCUT2D eigenvalue weighted by Gasteiger charge is -2.24. The second-order valence-electron chi connectivity index (χ2n) is 8.72. The molecule has 3 aromatic rings. The lowest BCUT2D eigenvalue weighted by molar-refractivity contribution is -0.134. The Bertz CT molecular complexity index is 1180. The van der Waals surface area contributed by atoms with Crippen molar-refractivity contribution in [1.82, 2.24) is 15.2 Å². The second kappa shape index (κ2) is 14.0. The van der Waals surface area contributed by atoms with Crippen LogP contribution >= 0.6 is 0 Å². The molecule has 0 aliphatic carbocycles. The molecule has 2 aromatic carbocycles. The van der Waals surface area contributed by atoms with Crippen LogP contribution in [0.4, 0.5) is 5.69 Å².